The maximum absolute atomic E-state index is 6.34. The molecule has 0 amide bonds. The van der Waals surface area contributed by atoms with Gasteiger partial charge in [0.25, 0.3) is 0 Å². The highest BCUT2D eigenvalue weighted by Gasteiger charge is 2.12. The summed E-state index contributed by atoms with van der Waals surface area (Å²) in [6.07, 6.45) is 1.68. The normalized spacial score (nSPS) is 12.7. The minimum absolute atomic E-state index is 0.0881. The third-order valence-electron chi connectivity index (χ3n) is 3.87. The van der Waals surface area contributed by atoms with Gasteiger partial charge >= 0.3 is 0 Å². The Morgan fingerprint density at radius 2 is 1.90 bits per heavy atom. The highest BCUT2D eigenvalue weighted by atomic mass is 15.3. The third-order valence-corrected chi connectivity index (χ3v) is 3.87. The van der Waals surface area contributed by atoms with Gasteiger partial charge in [0.2, 0.25) is 0 Å². The smallest absolute Gasteiger partial charge is 0.0718 e. The molecule has 0 bridgehead atoms. The summed E-state index contributed by atoms with van der Waals surface area (Å²) in [7, 11) is 1.98. The van der Waals surface area contributed by atoms with Crippen molar-refractivity contribution < 1.29 is 0 Å². The van der Waals surface area contributed by atoms with Crippen molar-refractivity contribution in [3.05, 3.63) is 65.4 Å². The number of fused-ring (bicyclic) bond motifs is 1. The molecule has 108 valence electrons. The van der Waals surface area contributed by atoms with E-state index in [-0.39, 0.29) is 6.04 Å². The molecule has 3 heteroatoms. The predicted molar refractivity (Wildman–Crippen MR) is 87.3 cm³/mol. The lowest BCUT2D eigenvalue weighted by molar-refractivity contribution is 0.642. The first-order valence-corrected chi connectivity index (χ1v) is 7.35. The molecule has 21 heavy (non-hydrogen) atoms. The number of aryl methyl sites for hydroxylation is 2. The van der Waals surface area contributed by atoms with Crippen molar-refractivity contribution in [2.24, 2.45) is 12.8 Å². The quantitative estimate of drug-likeness (QED) is 0.798. The van der Waals surface area contributed by atoms with Gasteiger partial charge in [0.05, 0.1) is 11.2 Å². The van der Waals surface area contributed by atoms with Gasteiger partial charge in [-0.05, 0) is 25.0 Å². The number of benzene rings is 2. The highest BCUT2D eigenvalue weighted by molar-refractivity contribution is 5.81. The second-order valence-electron chi connectivity index (χ2n) is 5.74. The van der Waals surface area contributed by atoms with Crippen molar-refractivity contribution in [1.29, 1.82) is 0 Å². The van der Waals surface area contributed by atoms with Gasteiger partial charge in [-0.15, -0.1) is 0 Å². The molecule has 0 aliphatic heterocycles. The molecule has 0 saturated heterocycles. The molecule has 0 fully saturated rings. The second-order valence-corrected chi connectivity index (χ2v) is 5.74. The van der Waals surface area contributed by atoms with Gasteiger partial charge in [-0.25, -0.2) is 0 Å². The number of para-hydroxylation sites is 1. The van der Waals surface area contributed by atoms with E-state index >= 15 is 0 Å². The molecular weight excluding hydrogens is 258 g/mol. The van der Waals surface area contributed by atoms with Crippen LogP contribution in [0.4, 0.5) is 0 Å². The molecule has 0 radical (unpaired) electrons. The number of hydrogen-bond acceptors (Lipinski definition) is 2. The molecule has 2 aromatic carbocycles. The lowest BCUT2D eigenvalue weighted by Gasteiger charge is -2.11. The second kappa shape index (κ2) is 5.70. The highest BCUT2D eigenvalue weighted by Crippen LogP contribution is 2.19. The molecule has 0 aliphatic rings. The van der Waals surface area contributed by atoms with Crippen LogP contribution >= 0.6 is 0 Å². The van der Waals surface area contributed by atoms with Crippen LogP contribution in [-0.2, 0) is 19.9 Å². The monoisotopic (exact) mass is 279 g/mol. The van der Waals surface area contributed by atoms with Crippen LogP contribution in [0.5, 0.6) is 0 Å². The van der Waals surface area contributed by atoms with Crippen LogP contribution in [0.2, 0.25) is 0 Å². The zero-order valence-corrected chi connectivity index (χ0v) is 12.6. The molecule has 2 N–H and O–H groups in total. The maximum atomic E-state index is 6.34. The largest absolute Gasteiger partial charge is 0.327 e. The number of aromatic nitrogens is 2. The average Bonchev–Trinajstić information content (AvgIpc) is 2.76. The number of nitrogens with two attached hydrogens (primary N) is 1. The Hall–Kier alpha value is -2.13. The fourth-order valence-corrected chi connectivity index (χ4v) is 2.90. The molecule has 3 aromatic rings. The van der Waals surface area contributed by atoms with E-state index in [0.717, 1.165) is 24.1 Å². The van der Waals surface area contributed by atoms with Crippen molar-refractivity contribution in [2.75, 3.05) is 0 Å². The van der Waals surface area contributed by atoms with Gasteiger partial charge in [-0.2, -0.15) is 5.10 Å². The minimum Gasteiger partial charge on any atom is -0.327 e. The molecule has 0 saturated carbocycles. The van der Waals surface area contributed by atoms with Crippen molar-refractivity contribution in [3.63, 3.8) is 0 Å². The molecule has 1 heterocycles. The van der Waals surface area contributed by atoms with Crippen molar-refractivity contribution in [2.45, 2.75) is 25.8 Å². The summed E-state index contributed by atoms with van der Waals surface area (Å²) in [6.45, 7) is 2.11. The zero-order chi connectivity index (χ0) is 14.8. The van der Waals surface area contributed by atoms with E-state index in [9.17, 15) is 0 Å². The van der Waals surface area contributed by atoms with Crippen molar-refractivity contribution >= 4 is 10.9 Å². The standard InChI is InChI=1S/C18H21N3/c1-13-6-5-7-14(10-13)11-15(19)12-17-16-8-3-4-9-18(16)21(2)20-17/h3-10,15H,11-12,19H2,1-2H3. The summed E-state index contributed by atoms with van der Waals surface area (Å²) in [6, 6.07) is 17.0. The van der Waals surface area contributed by atoms with Crippen molar-refractivity contribution in [3.8, 4) is 0 Å². The lowest BCUT2D eigenvalue weighted by atomic mass is 10.00. The van der Waals surface area contributed by atoms with Crippen LogP contribution in [0.3, 0.4) is 0 Å². The fraction of sp³-hybridized carbons (Fsp3) is 0.278. The summed E-state index contributed by atoms with van der Waals surface area (Å²) < 4.78 is 1.93. The molecule has 3 rings (SSSR count). The zero-order valence-electron chi connectivity index (χ0n) is 12.6. The predicted octanol–water partition coefficient (Wildman–Crippen LogP) is 2.99. The Bertz CT molecular complexity index is 758. The van der Waals surface area contributed by atoms with Crippen LogP contribution in [0.15, 0.2) is 48.5 Å². The molecule has 0 aliphatic carbocycles. The SMILES string of the molecule is Cc1cccc(CC(N)Cc2nn(C)c3ccccc23)c1. The summed E-state index contributed by atoms with van der Waals surface area (Å²) in [5.41, 5.74) is 11.2. The van der Waals surface area contributed by atoms with E-state index in [0.29, 0.717) is 0 Å². The van der Waals surface area contributed by atoms with Crippen LogP contribution in [-0.4, -0.2) is 15.8 Å². The minimum atomic E-state index is 0.0881. The first kappa shape index (κ1) is 13.8. The molecule has 1 atom stereocenters. The lowest BCUT2D eigenvalue weighted by Crippen LogP contribution is -2.25. The van der Waals surface area contributed by atoms with Crippen LogP contribution < -0.4 is 5.73 Å². The van der Waals surface area contributed by atoms with Gasteiger partial charge in [0, 0.05) is 24.9 Å². The average molecular weight is 279 g/mol. The van der Waals surface area contributed by atoms with Gasteiger partial charge in [0.1, 0.15) is 0 Å². The van der Waals surface area contributed by atoms with E-state index in [2.05, 4.69) is 54.5 Å². The van der Waals surface area contributed by atoms with Crippen LogP contribution in [0.1, 0.15) is 16.8 Å². The first-order valence-electron chi connectivity index (χ1n) is 7.35. The van der Waals surface area contributed by atoms with E-state index in [1.54, 1.807) is 0 Å². The van der Waals surface area contributed by atoms with E-state index in [1.807, 2.05) is 17.8 Å². The molecule has 1 unspecified atom stereocenters. The summed E-state index contributed by atoms with van der Waals surface area (Å²) in [5, 5.41) is 5.83. The van der Waals surface area contributed by atoms with Gasteiger partial charge in [-0.3, -0.25) is 4.68 Å². The molecular formula is C18H21N3. The Labute approximate surface area is 125 Å². The molecule has 3 nitrogen and oxygen atoms in total. The van der Waals surface area contributed by atoms with Crippen molar-refractivity contribution in [1.82, 2.24) is 9.78 Å². The Balaban J connectivity index is 1.79. The van der Waals surface area contributed by atoms with Crippen LogP contribution in [0, 0.1) is 6.92 Å². The van der Waals surface area contributed by atoms with E-state index in [1.165, 1.54) is 16.5 Å². The summed E-state index contributed by atoms with van der Waals surface area (Å²) >= 11 is 0. The van der Waals surface area contributed by atoms with Gasteiger partial charge in [-0.1, -0.05) is 48.0 Å². The molecule has 0 spiro atoms. The number of hydrogen-bond donors (Lipinski definition) is 1. The Morgan fingerprint density at radius 1 is 1.10 bits per heavy atom. The molecule has 1 aromatic heterocycles. The first-order chi connectivity index (χ1) is 10.1. The maximum Gasteiger partial charge on any atom is 0.0718 e. The topological polar surface area (TPSA) is 43.8 Å². The van der Waals surface area contributed by atoms with Crippen LogP contribution in [0.25, 0.3) is 10.9 Å². The summed E-state index contributed by atoms with van der Waals surface area (Å²) in [4.78, 5) is 0. The van der Waals surface area contributed by atoms with E-state index < -0.39 is 0 Å². The Kier molecular flexibility index (Phi) is 3.76. The van der Waals surface area contributed by atoms with Gasteiger partial charge < -0.3 is 5.73 Å². The third kappa shape index (κ3) is 2.98. The fourth-order valence-electron chi connectivity index (χ4n) is 2.90. The summed E-state index contributed by atoms with van der Waals surface area (Å²) in [5.74, 6) is 0. The van der Waals surface area contributed by atoms with E-state index in [4.69, 9.17) is 5.73 Å². The number of rotatable bonds is 4. The Morgan fingerprint density at radius 3 is 2.71 bits per heavy atom. The van der Waals surface area contributed by atoms with Gasteiger partial charge in [0.15, 0.2) is 0 Å². The number of nitrogens with zero attached hydrogens (tertiary/aromatic N) is 2.